The lowest BCUT2D eigenvalue weighted by molar-refractivity contribution is -0.301. The number of hydrogen-bond donors (Lipinski definition) is 4. The van der Waals surface area contributed by atoms with E-state index in [2.05, 4.69) is 103 Å². The highest BCUT2D eigenvalue weighted by atomic mass is 32.3. The van der Waals surface area contributed by atoms with E-state index in [1.807, 2.05) is 0 Å². The number of carbonyl (C=O) groups excluding carboxylic acids is 1. The number of hydrogen-bond acceptors (Lipinski definition) is 11. The minimum Gasteiger partial charge on any atom is -0.457 e. The van der Waals surface area contributed by atoms with Gasteiger partial charge in [-0.25, -0.2) is 4.18 Å². The minimum absolute atomic E-state index is 0.0147. The quantitative estimate of drug-likeness (QED) is 0.0198. The zero-order valence-electron chi connectivity index (χ0n) is 38.6. The largest absolute Gasteiger partial charge is 0.457 e. The number of allylic oxidation sites excluding steroid dienone is 14. The van der Waals surface area contributed by atoms with Gasteiger partial charge in [-0.1, -0.05) is 157 Å². The van der Waals surface area contributed by atoms with E-state index in [9.17, 15) is 33.1 Å². The number of esters is 1. The summed E-state index contributed by atoms with van der Waals surface area (Å²) >= 11 is 0. The van der Waals surface area contributed by atoms with Crippen molar-refractivity contribution in [2.45, 2.75) is 198 Å². The molecule has 0 radical (unpaired) electrons. The summed E-state index contributed by atoms with van der Waals surface area (Å²) < 4.78 is 59.1. The number of aliphatic hydroxyl groups is 3. The second-order valence-electron chi connectivity index (χ2n) is 16.0. The summed E-state index contributed by atoms with van der Waals surface area (Å²) in [7, 11) is -5.07. The molecule has 63 heavy (non-hydrogen) atoms. The normalized spacial score (nSPS) is 20.6. The molecule has 0 amide bonds. The van der Waals surface area contributed by atoms with Crippen LogP contribution in [0.4, 0.5) is 0 Å². The molecule has 6 atom stereocenters. The van der Waals surface area contributed by atoms with Gasteiger partial charge < -0.3 is 34.3 Å². The van der Waals surface area contributed by atoms with Crippen molar-refractivity contribution in [2.75, 3.05) is 26.4 Å². The van der Waals surface area contributed by atoms with Crippen molar-refractivity contribution >= 4 is 16.4 Å². The van der Waals surface area contributed by atoms with Gasteiger partial charge in [0.2, 0.25) is 0 Å². The summed E-state index contributed by atoms with van der Waals surface area (Å²) in [6.45, 7) is 3.76. The summed E-state index contributed by atoms with van der Waals surface area (Å²) in [6, 6.07) is 0. The van der Waals surface area contributed by atoms with Crippen LogP contribution in [-0.2, 0) is 38.3 Å². The van der Waals surface area contributed by atoms with Crippen LogP contribution in [0.3, 0.4) is 0 Å². The number of carbonyl (C=O) groups is 1. The summed E-state index contributed by atoms with van der Waals surface area (Å²) in [4.78, 5) is 12.9. The van der Waals surface area contributed by atoms with Crippen LogP contribution in [0, 0.1) is 0 Å². The highest BCUT2D eigenvalue weighted by Crippen LogP contribution is 2.26. The fraction of sp³-hybridized carbons (Fsp3) is 0.700. The Morgan fingerprint density at radius 2 is 1.10 bits per heavy atom. The van der Waals surface area contributed by atoms with Crippen LogP contribution < -0.4 is 0 Å². The minimum atomic E-state index is -5.07. The van der Waals surface area contributed by atoms with Crippen molar-refractivity contribution in [1.29, 1.82) is 0 Å². The first-order valence-corrected chi connectivity index (χ1v) is 25.2. The maximum atomic E-state index is 12.9. The maximum absolute atomic E-state index is 12.9. The first-order chi connectivity index (χ1) is 30.6. The molecule has 4 N–H and O–H groups in total. The summed E-state index contributed by atoms with van der Waals surface area (Å²) in [6.07, 6.45) is 44.7. The van der Waals surface area contributed by atoms with Crippen LogP contribution in [0.15, 0.2) is 85.1 Å². The molecule has 12 nitrogen and oxygen atoms in total. The van der Waals surface area contributed by atoms with Gasteiger partial charge in [-0.3, -0.25) is 9.35 Å². The van der Waals surface area contributed by atoms with Gasteiger partial charge in [-0.05, 0) is 83.5 Å². The van der Waals surface area contributed by atoms with Crippen LogP contribution in [0.5, 0.6) is 0 Å². The Hall–Kier alpha value is -2.72. The molecule has 0 saturated carbocycles. The monoisotopic (exact) mass is 909 g/mol. The SMILES string of the molecule is CC/C=C\C/C=C\C/C=C\C/C=C\C/C=C\CCCCCCCCOCC(COC1OC(CO)C(O)C(OS(=O)(=O)O)C1O)OC(=O)CCCCCCC/C=C\C/C=C\CCCC. The Kier molecular flexibility index (Phi) is 37.7. The van der Waals surface area contributed by atoms with Gasteiger partial charge in [0.1, 0.15) is 30.5 Å². The van der Waals surface area contributed by atoms with Gasteiger partial charge in [0.15, 0.2) is 6.29 Å². The molecular formula is C50H84O12S. The van der Waals surface area contributed by atoms with E-state index in [1.165, 1.54) is 19.3 Å². The first-order valence-electron chi connectivity index (χ1n) is 23.8. The van der Waals surface area contributed by atoms with Crippen LogP contribution in [0.25, 0.3) is 0 Å². The highest BCUT2D eigenvalue weighted by Gasteiger charge is 2.48. The third-order valence-corrected chi connectivity index (χ3v) is 10.7. The summed E-state index contributed by atoms with van der Waals surface area (Å²) in [5.74, 6) is -0.423. The lowest BCUT2D eigenvalue weighted by Gasteiger charge is -2.41. The van der Waals surface area contributed by atoms with Gasteiger partial charge in [-0.15, -0.1) is 0 Å². The molecule has 0 spiro atoms. The molecule has 0 aromatic heterocycles. The van der Waals surface area contributed by atoms with E-state index in [0.29, 0.717) is 13.0 Å². The molecule has 6 unspecified atom stereocenters. The third kappa shape index (κ3) is 34.3. The maximum Gasteiger partial charge on any atom is 0.397 e. The van der Waals surface area contributed by atoms with E-state index >= 15 is 0 Å². The van der Waals surface area contributed by atoms with E-state index in [4.69, 9.17) is 18.9 Å². The van der Waals surface area contributed by atoms with Gasteiger partial charge in [0, 0.05) is 13.0 Å². The average Bonchev–Trinajstić information content (AvgIpc) is 3.26. The van der Waals surface area contributed by atoms with Crippen molar-refractivity contribution in [2.24, 2.45) is 0 Å². The Bertz CT molecular complexity index is 1420. The third-order valence-electron chi connectivity index (χ3n) is 10.3. The van der Waals surface area contributed by atoms with Gasteiger partial charge in [-0.2, -0.15) is 8.42 Å². The number of aliphatic hydroxyl groups excluding tert-OH is 3. The second kappa shape index (κ2) is 40.8. The predicted molar refractivity (Wildman–Crippen MR) is 252 cm³/mol. The lowest BCUT2D eigenvalue weighted by Crippen LogP contribution is -2.60. The first kappa shape index (κ1) is 58.3. The molecule has 1 saturated heterocycles. The van der Waals surface area contributed by atoms with Crippen LogP contribution in [0.2, 0.25) is 0 Å². The van der Waals surface area contributed by atoms with Gasteiger partial charge in [0.25, 0.3) is 0 Å². The number of unbranched alkanes of at least 4 members (excludes halogenated alkanes) is 13. The molecule has 1 aliphatic rings. The van der Waals surface area contributed by atoms with Crippen molar-refractivity contribution in [1.82, 2.24) is 0 Å². The number of rotatable bonds is 40. The molecule has 1 fully saturated rings. The smallest absolute Gasteiger partial charge is 0.397 e. The zero-order valence-corrected chi connectivity index (χ0v) is 39.4. The molecule has 0 aliphatic carbocycles. The highest BCUT2D eigenvalue weighted by molar-refractivity contribution is 7.80. The Morgan fingerprint density at radius 3 is 1.60 bits per heavy atom. The summed E-state index contributed by atoms with van der Waals surface area (Å²) in [5, 5.41) is 30.7. The molecule has 362 valence electrons. The van der Waals surface area contributed by atoms with E-state index < -0.39 is 59.8 Å². The van der Waals surface area contributed by atoms with Gasteiger partial charge >= 0.3 is 16.4 Å². The Morgan fingerprint density at radius 1 is 0.619 bits per heavy atom. The van der Waals surface area contributed by atoms with Crippen molar-refractivity contribution in [3.63, 3.8) is 0 Å². The summed E-state index contributed by atoms with van der Waals surface area (Å²) in [5.41, 5.74) is 0. The fourth-order valence-corrected chi connectivity index (χ4v) is 7.16. The zero-order chi connectivity index (χ0) is 46.1. The van der Waals surface area contributed by atoms with Crippen LogP contribution >= 0.6 is 0 Å². The molecule has 1 rings (SSSR count). The molecule has 0 aromatic rings. The fourth-order valence-electron chi connectivity index (χ4n) is 6.66. The lowest BCUT2D eigenvalue weighted by atomic mass is 9.99. The second-order valence-corrected chi connectivity index (χ2v) is 17.0. The van der Waals surface area contributed by atoms with Crippen molar-refractivity contribution in [3.05, 3.63) is 85.1 Å². The number of ether oxygens (including phenoxy) is 4. The molecule has 1 aliphatic heterocycles. The Balaban J connectivity index is 2.41. The van der Waals surface area contributed by atoms with Crippen molar-refractivity contribution < 1.29 is 56.2 Å². The molecule has 0 aromatic carbocycles. The van der Waals surface area contributed by atoms with Crippen LogP contribution in [0.1, 0.15) is 162 Å². The average molecular weight is 909 g/mol. The topological polar surface area (TPSA) is 178 Å². The van der Waals surface area contributed by atoms with E-state index in [-0.39, 0.29) is 19.6 Å². The standard InChI is InChI=1S/C50H84O12S/c1-3-5-7-9-11-13-15-17-19-20-21-22-23-24-25-26-28-30-32-34-36-38-40-58-42-44(43-59-50-48(54)49(62-63(55,56)57)47(53)45(41-51)61-50)60-46(52)39-37-35-33-31-29-27-18-16-14-12-10-8-6-4-2/h5,7,10-13,16-19,21-22,24-25,44-45,47-51,53-54H,3-4,6,8-9,14-15,20,23,26-43H2,1-2H3,(H,55,56,57)/b7-5-,12-10-,13-11-,18-16-,19-17-,22-21-,25-24-. The molecule has 1 heterocycles. The van der Waals surface area contributed by atoms with Crippen molar-refractivity contribution in [3.8, 4) is 0 Å². The molecule has 13 heteroatoms. The molecule has 0 bridgehead atoms. The van der Waals surface area contributed by atoms with Gasteiger partial charge in [0.05, 0.1) is 19.8 Å². The van der Waals surface area contributed by atoms with E-state index in [0.717, 1.165) is 116 Å². The van der Waals surface area contributed by atoms with Crippen LogP contribution in [-0.4, -0.2) is 97.5 Å². The molecular weight excluding hydrogens is 825 g/mol. The Labute approximate surface area is 381 Å². The van der Waals surface area contributed by atoms with E-state index in [1.54, 1.807) is 0 Å². The predicted octanol–water partition coefficient (Wildman–Crippen LogP) is 10.5.